The molecule has 0 radical (unpaired) electrons. The standard InChI is InChI=1S/C22H18Cl2N6O2/c23-16-7-6-15(18(24)9-16)10-26-28-22(31)21-19(11-25-20-12-27-29-30(20)21)32-17-3-1-2-14(8-17)13-4-5-13/h1-3,6-9,11-13,26H,4-5,10H2,(H,28,31). The first-order valence-electron chi connectivity index (χ1n) is 10.0. The van der Waals surface area contributed by atoms with Crippen molar-refractivity contribution in [1.29, 1.82) is 0 Å². The van der Waals surface area contributed by atoms with Crippen LogP contribution in [0.2, 0.25) is 10.0 Å². The van der Waals surface area contributed by atoms with Gasteiger partial charge in [0.05, 0.1) is 12.4 Å². The molecule has 8 nitrogen and oxygen atoms in total. The number of benzene rings is 2. The lowest BCUT2D eigenvalue weighted by Crippen LogP contribution is -2.38. The monoisotopic (exact) mass is 468 g/mol. The molecule has 1 fully saturated rings. The molecular weight excluding hydrogens is 451 g/mol. The molecule has 10 heteroatoms. The summed E-state index contributed by atoms with van der Waals surface area (Å²) in [7, 11) is 0. The number of hydrogen-bond acceptors (Lipinski definition) is 6. The quantitative estimate of drug-likeness (QED) is 0.386. The van der Waals surface area contributed by atoms with Crippen LogP contribution in [0.4, 0.5) is 0 Å². The van der Waals surface area contributed by atoms with Gasteiger partial charge in [-0.2, -0.15) is 4.52 Å². The topological polar surface area (TPSA) is 93.4 Å². The Kier molecular flexibility index (Phi) is 5.65. The number of nitrogens with one attached hydrogen (secondary N) is 2. The zero-order valence-corrected chi connectivity index (χ0v) is 18.3. The third-order valence-corrected chi connectivity index (χ3v) is 5.72. The van der Waals surface area contributed by atoms with E-state index in [1.165, 1.54) is 35.3 Å². The molecule has 0 atom stereocenters. The van der Waals surface area contributed by atoms with Crippen molar-refractivity contribution in [3.05, 3.63) is 81.7 Å². The lowest BCUT2D eigenvalue weighted by atomic mass is 10.1. The molecule has 0 saturated heterocycles. The summed E-state index contributed by atoms with van der Waals surface area (Å²) >= 11 is 12.1. The Bertz CT molecular complexity index is 1300. The Morgan fingerprint density at radius 1 is 1.16 bits per heavy atom. The Morgan fingerprint density at radius 3 is 2.84 bits per heavy atom. The fourth-order valence-electron chi connectivity index (χ4n) is 3.37. The van der Waals surface area contributed by atoms with Crippen LogP contribution >= 0.6 is 23.2 Å². The maximum Gasteiger partial charge on any atom is 0.288 e. The van der Waals surface area contributed by atoms with Crippen molar-refractivity contribution in [3.8, 4) is 11.5 Å². The summed E-state index contributed by atoms with van der Waals surface area (Å²) < 4.78 is 7.39. The van der Waals surface area contributed by atoms with Crippen molar-refractivity contribution in [2.75, 3.05) is 0 Å². The Morgan fingerprint density at radius 2 is 2.03 bits per heavy atom. The average Bonchev–Trinajstić information content (AvgIpc) is 3.53. The number of aromatic nitrogens is 4. The van der Waals surface area contributed by atoms with Crippen LogP contribution in [0.1, 0.15) is 40.4 Å². The number of nitrogens with zero attached hydrogens (tertiary/aromatic N) is 4. The maximum absolute atomic E-state index is 13.1. The van der Waals surface area contributed by atoms with Crippen molar-refractivity contribution in [1.82, 2.24) is 30.7 Å². The molecular formula is C22H18Cl2N6O2. The van der Waals surface area contributed by atoms with Crippen molar-refractivity contribution in [2.45, 2.75) is 25.3 Å². The van der Waals surface area contributed by atoms with Gasteiger partial charge in [0.1, 0.15) is 5.75 Å². The van der Waals surface area contributed by atoms with Crippen molar-refractivity contribution in [2.24, 2.45) is 0 Å². The molecule has 1 amide bonds. The number of hydrogen-bond donors (Lipinski definition) is 2. The second-order valence-corrected chi connectivity index (χ2v) is 8.31. The molecule has 5 rings (SSSR count). The molecule has 2 N–H and O–H groups in total. The normalized spacial score (nSPS) is 13.3. The maximum atomic E-state index is 13.1. The molecule has 162 valence electrons. The summed E-state index contributed by atoms with van der Waals surface area (Å²) in [4.78, 5) is 17.3. The third-order valence-electron chi connectivity index (χ3n) is 5.14. The van der Waals surface area contributed by atoms with Gasteiger partial charge in [0.2, 0.25) is 0 Å². The Hall–Kier alpha value is -3.20. The van der Waals surface area contributed by atoms with Crippen LogP contribution in [-0.2, 0) is 6.54 Å². The predicted molar refractivity (Wildman–Crippen MR) is 120 cm³/mol. The first-order chi connectivity index (χ1) is 15.6. The summed E-state index contributed by atoms with van der Waals surface area (Å²) in [6.45, 7) is 0.299. The van der Waals surface area contributed by atoms with Gasteiger partial charge in [0.25, 0.3) is 5.91 Å². The van der Waals surface area contributed by atoms with Gasteiger partial charge in [-0.15, -0.1) is 5.10 Å². The zero-order chi connectivity index (χ0) is 22.1. The molecule has 0 spiro atoms. The van der Waals surface area contributed by atoms with E-state index in [0.29, 0.717) is 33.9 Å². The van der Waals surface area contributed by atoms with Crippen LogP contribution in [0.15, 0.2) is 54.9 Å². The number of ether oxygens (including phenoxy) is 1. The highest BCUT2D eigenvalue weighted by atomic mass is 35.5. The van der Waals surface area contributed by atoms with Crippen molar-refractivity contribution < 1.29 is 9.53 Å². The first kappa shape index (κ1) is 20.7. The van der Waals surface area contributed by atoms with Crippen molar-refractivity contribution in [3.63, 3.8) is 0 Å². The van der Waals surface area contributed by atoms with Crippen LogP contribution in [0.25, 0.3) is 5.65 Å². The molecule has 2 aromatic heterocycles. The molecule has 1 aliphatic rings. The van der Waals surface area contributed by atoms with Crippen LogP contribution in [0.5, 0.6) is 11.5 Å². The van der Waals surface area contributed by atoms with Gasteiger partial charge in [0.15, 0.2) is 17.1 Å². The lowest BCUT2D eigenvalue weighted by molar-refractivity contribution is 0.0921. The van der Waals surface area contributed by atoms with E-state index in [2.05, 4.69) is 32.2 Å². The minimum atomic E-state index is -0.457. The number of carbonyl (C=O) groups is 1. The predicted octanol–water partition coefficient (Wildman–Crippen LogP) is 4.54. The molecule has 0 bridgehead atoms. The average molecular weight is 469 g/mol. The molecule has 2 heterocycles. The molecule has 0 aliphatic heterocycles. The van der Waals surface area contributed by atoms with E-state index in [0.717, 1.165) is 5.56 Å². The van der Waals surface area contributed by atoms with Gasteiger partial charge in [-0.25, -0.2) is 10.4 Å². The summed E-state index contributed by atoms with van der Waals surface area (Å²) in [5.74, 6) is 1.02. The van der Waals surface area contributed by atoms with E-state index < -0.39 is 5.91 Å². The zero-order valence-electron chi connectivity index (χ0n) is 16.8. The lowest BCUT2D eigenvalue weighted by Gasteiger charge is -2.13. The van der Waals surface area contributed by atoms with E-state index in [1.54, 1.807) is 18.2 Å². The summed E-state index contributed by atoms with van der Waals surface area (Å²) in [6, 6.07) is 13.0. The number of amides is 1. The number of hydrazine groups is 1. The number of rotatable bonds is 7. The first-order valence-corrected chi connectivity index (χ1v) is 10.8. The Labute approximate surface area is 193 Å². The molecule has 4 aromatic rings. The highest BCUT2D eigenvalue weighted by Gasteiger charge is 2.24. The van der Waals surface area contributed by atoms with Crippen LogP contribution in [-0.4, -0.2) is 25.7 Å². The molecule has 2 aromatic carbocycles. The van der Waals surface area contributed by atoms with E-state index >= 15 is 0 Å². The third kappa shape index (κ3) is 4.38. The van der Waals surface area contributed by atoms with Gasteiger partial charge in [0, 0.05) is 16.6 Å². The number of fused-ring (bicyclic) bond motifs is 1. The largest absolute Gasteiger partial charge is 0.453 e. The second-order valence-electron chi connectivity index (χ2n) is 7.47. The fraction of sp³-hybridized carbons (Fsp3) is 0.182. The van der Waals surface area contributed by atoms with E-state index in [1.807, 2.05) is 18.2 Å². The fourth-order valence-corrected chi connectivity index (χ4v) is 3.84. The highest BCUT2D eigenvalue weighted by Crippen LogP contribution is 2.41. The van der Waals surface area contributed by atoms with Gasteiger partial charge < -0.3 is 4.74 Å². The van der Waals surface area contributed by atoms with Crippen LogP contribution in [0, 0.1) is 0 Å². The summed E-state index contributed by atoms with van der Waals surface area (Å²) in [6.07, 6.45) is 5.34. The summed E-state index contributed by atoms with van der Waals surface area (Å²) in [5.41, 5.74) is 8.14. The van der Waals surface area contributed by atoms with Crippen molar-refractivity contribution >= 4 is 34.8 Å². The molecule has 0 unspecified atom stereocenters. The van der Waals surface area contributed by atoms with Gasteiger partial charge in [-0.3, -0.25) is 10.2 Å². The highest BCUT2D eigenvalue weighted by molar-refractivity contribution is 6.35. The van der Waals surface area contributed by atoms with E-state index in [4.69, 9.17) is 27.9 Å². The minimum Gasteiger partial charge on any atom is -0.453 e. The van der Waals surface area contributed by atoms with Gasteiger partial charge in [-0.1, -0.05) is 46.6 Å². The van der Waals surface area contributed by atoms with E-state index in [-0.39, 0.29) is 11.4 Å². The summed E-state index contributed by atoms with van der Waals surface area (Å²) in [5, 5.41) is 8.88. The van der Waals surface area contributed by atoms with Gasteiger partial charge in [-0.05, 0) is 54.2 Å². The molecule has 1 saturated carbocycles. The van der Waals surface area contributed by atoms with Crippen LogP contribution < -0.4 is 15.6 Å². The number of halogens is 2. The SMILES string of the molecule is O=C(NNCc1ccc(Cl)cc1Cl)c1c(Oc2cccc(C3CC3)c2)cnc2cnnn12. The molecule has 32 heavy (non-hydrogen) atoms. The molecule has 1 aliphatic carbocycles. The second kappa shape index (κ2) is 8.74. The van der Waals surface area contributed by atoms with E-state index in [9.17, 15) is 4.79 Å². The minimum absolute atomic E-state index is 0.166. The van der Waals surface area contributed by atoms with Gasteiger partial charge >= 0.3 is 0 Å². The smallest absolute Gasteiger partial charge is 0.288 e. The van der Waals surface area contributed by atoms with Crippen LogP contribution in [0.3, 0.4) is 0 Å². The Balaban J connectivity index is 1.37. The number of carbonyl (C=O) groups excluding carboxylic acids is 1.